The molecule has 0 spiro atoms. The van der Waals surface area contributed by atoms with E-state index in [9.17, 15) is 23.1 Å². The van der Waals surface area contributed by atoms with Crippen LogP contribution >= 0.6 is 0 Å². The molecule has 188 valence electrons. The molecule has 3 aromatic rings. The van der Waals surface area contributed by atoms with Crippen LogP contribution in [0.25, 0.3) is 11.1 Å². The summed E-state index contributed by atoms with van der Waals surface area (Å²) in [4.78, 5) is 25.4. The van der Waals surface area contributed by atoms with E-state index in [0.717, 1.165) is 11.1 Å². The summed E-state index contributed by atoms with van der Waals surface area (Å²) in [5.74, 6) is -1.65. The largest absolute Gasteiger partial charge is 0.508 e. The predicted molar refractivity (Wildman–Crippen MR) is 141 cm³/mol. The number of nitrogens with one attached hydrogen (secondary N) is 1. The van der Waals surface area contributed by atoms with Crippen molar-refractivity contribution >= 4 is 38.6 Å². The lowest BCUT2D eigenvalue weighted by Gasteiger charge is -2.26. The van der Waals surface area contributed by atoms with Gasteiger partial charge in [-0.25, -0.2) is 0 Å². The number of phenolic OH excluding ortho intramolecular Hbond substituents is 1. The number of hydrogen-bond acceptors (Lipinski definition) is 6. The lowest BCUT2D eigenvalue weighted by molar-refractivity contribution is -0.120. The molecule has 1 amide bonds. The number of rotatable bonds is 7. The molecule has 3 unspecified atom stereocenters. The van der Waals surface area contributed by atoms with Crippen LogP contribution in [0.15, 0.2) is 91.0 Å². The molecule has 0 heterocycles. The van der Waals surface area contributed by atoms with Gasteiger partial charge in [-0.1, -0.05) is 48.5 Å². The Balaban J connectivity index is 1.55. The minimum Gasteiger partial charge on any atom is -0.508 e. The van der Waals surface area contributed by atoms with Crippen LogP contribution in [0.1, 0.15) is 24.5 Å². The number of ketones is 1. The van der Waals surface area contributed by atoms with Crippen LogP contribution in [0.4, 0.5) is 5.69 Å². The molecule has 3 atom stereocenters. The van der Waals surface area contributed by atoms with Crippen LogP contribution in [0, 0.1) is 11.8 Å². The molecule has 0 radical (unpaired) electrons. The SMILES string of the molecule is CC=CC(=O)Nc1ccc(C2=C(c3ccc(O)cc3)C3C(=O)C2CC3S(=O)(=O)Oc2ccccc2)cc1. The summed E-state index contributed by atoms with van der Waals surface area (Å²) >= 11 is 0. The van der Waals surface area contributed by atoms with Crippen molar-refractivity contribution in [2.45, 2.75) is 18.6 Å². The van der Waals surface area contributed by atoms with E-state index in [0.29, 0.717) is 16.8 Å². The number of aromatic hydroxyl groups is 1. The number of phenols is 1. The molecule has 5 rings (SSSR count). The minimum atomic E-state index is -4.12. The van der Waals surface area contributed by atoms with Gasteiger partial charge in [0.15, 0.2) is 0 Å². The zero-order valence-electron chi connectivity index (χ0n) is 20.0. The maximum Gasteiger partial charge on any atom is 0.313 e. The second kappa shape index (κ2) is 9.71. The second-order valence-electron chi connectivity index (χ2n) is 9.04. The summed E-state index contributed by atoms with van der Waals surface area (Å²) in [7, 11) is -4.12. The molecule has 0 aliphatic heterocycles. The van der Waals surface area contributed by atoms with Crippen LogP contribution < -0.4 is 9.50 Å². The van der Waals surface area contributed by atoms with E-state index in [1.165, 1.54) is 18.2 Å². The van der Waals surface area contributed by atoms with Gasteiger partial charge in [-0.3, -0.25) is 9.59 Å². The number of para-hydroxylation sites is 1. The Bertz CT molecular complexity index is 1510. The van der Waals surface area contributed by atoms with Crippen LogP contribution in [0.5, 0.6) is 11.5 Å². The quantitative estimate of drug-likeness (QED) is 0.345. The van der Waals surface area contributed by atoms with E-state index in [1.54, 1.807) is 67.6 Å². The molecule has 7 nitrogen and oxygen atoms in total. The molecule has 2 aliphatic rings. The molecule has 1 fully saturated rings. The molecule has 8 heteroatoms. The predicted octanol–water partition coefficient (Wildman–Crippen LogP) is 4.81. The first-order valence-corrected chi connectivity index (χ1v) is 13.4. The summed E-state index contributed by atoms with van der Waals surface area (Å²) < 4.78 is 32.1. The summed E-state index contributed by atoms with van der Waals surface area (Å²) in [6.07, 6.45) is 3.19. The Morgan fingerprint density at radius 1 is 0.946 bits per heavy atom. The molecule has 0 saturated heterocycles. The maximum atomic E-state index is 13.5. The smallest absolute Gasteiger partial charge is 0.313 e. The first-order chi connectivity index (χ1) is 17.8. The van der Waals surface area contributed by atoms with Crippen molar-refractivity contribution in [1.82, 2.24) is 0 Å². The number of allylic oxidation sites excluding steroid dienone is 3. The molecular formula is C29H25NO6S. The number of anilines is 1. The monoisotopic (exact) mass is 515 g/mol. The lowest BCUT2D eigenvalue weighted by atomic mass is 9.83. The van der Waals surface area contributed by atoms with Gasteiger partial charge in [0.25, 0.3) is 0 Å². The Hall–Kier alpha value is -4.17. The standard InChI is InChI=1S/C29H25NO6S/c1-2-6-25(32)30-20-13-9-18(10-14-20)26-23-17-24(37(34,35)36-22-7-4-3-5-8-22)28(29(23)33)27(26)19-11-15-21(31)16-12-19/h2-16,23-24,28,31H,17H2,1H3,(H,30,32). The average Bonchev–Trinajstić information content (AvgIpc) is 3.36. The zero-order chi connectivity index (χ0) is 26.2. The van der Waals surface area contributed by atoms with Gasteiger partial charge in [-0.15, -0.1) is 0 Å². The highest BCUT2D eigenvalue weighted by Gasteiger charge is 2.58. The fraction of sp³-hybridized carbons (Fsp3) is 0.172. The summed E-state index contributed by atoms with van der Waals surface area (Å²) in [5, 5.41) is 11.6. The summed E-state index contributed by atoms with van der Waals surface area (Å²) in [5.41, 5.74) is 3.42. The first-order valence-electron chi connectivity index (χ1n) is 11.9. The van der Waals surface area contributed by atoms with Gasteiger partial charge in [-0.05, 0) is 78.1 Å². The first kappa shape index (κ1) is 24.5. The van der Waals surface area contributed by atoms with Gasteiger partial charge < -0.3 is 14.6 Å². The molecular weight excluding hydrogens is 490 g/mol. The number of amides is 1. The van der Waals surface area contributed by atoms with Crippen molar-refractivity contribution < 1.29 is 27.3 Å². The number of benzene rings is 3. The molecule has 1 saturated carbocycles. The summed E-state index contributed by atoms with van der Waals surface area (Å²) in [6.45, 7) is 1.75. The van der Waals surface area contributed by atoms with Crippen LogP contribution in [-0.2, 0) is 19.7 Å². The van der Waals surface area contributed by atoms with Gasteiger partial charge in [0.2, 0.25) is 5.91 Å². The number of hydrogen-bond donors (Lipinski definition) is 2. The van der Waals surface area contributed by atoms with E-state index in [1.807, 2.05) is 12.1 Å². The number of carbonyl (C=O) groups is 2. The second-order valence-corrected chi connectivity index (χ2v) is 10.8. The molecule has 3 aromatic carbocycles. The van der Waals surface area contributed by atoms with E-state index in [2.05, 4.69) is 5.32 Å². The van der Waals surface area contributed by atoms with Crippen molar-refractivity contribution in [2.24, 2.45) is 11.8 Å². The van der Waals surface area contributed by atoms with E-state index in [-0.39, 0.29) is 29.6 Å². The van der Waals surface area contributed by atoms with Gasteiger partial charge >= 0.3 is 10.1 Å². The van der Waals surface area contributed by atoms with Crippen molar-refractivity contribution in [3.8, 4) is 11.5 Å². The van der Waals surface area contributed by atoms with E-state index >= 15 is 0 Å². The molecule has 2 aliphatic carbocycles. The topological polar surface area (TPSA) is 110 Å². The summed E-state index contributed by atoms with van der Waals surface area (Å²) in [6, 6.07) is 21.8. The fourth-order valence-electron chi connectivity index (χ4n) is 5.19. The Kier molecular flexibility index (Phi) is 6.43. The van der Waals surface area contributed by atoms with E-state index in [4.69, 9.17) is 4.18 Å². The number of Topliss-reactive ketones (excluding diaryl/α,β-unsaturated/α-hetero) is 1. The van der Waals surface area contributed by atoms with Gasteiger partial charge in [0, 0.05) is 11.6 Å². The van der Waals surface area contributed by atoms with Crippen molar-refractivity contribution in [1.29, 1.82) is 0 Å². The van der Waals surface area contributed by atoms with Gasteiger partial charge in [-0.2, -0.15) is 8.42 Å². The molecule has 2 N–H and O–H groups in total. The lowest BCUT2D eigenvalue weighted by Crippen LogP contribution is -2.32. The minimum absolute atomic E-state index is 0.0678. The Morgan fingerprint density at radius 2 is 1.57 bits per heavy atom. The van der Waals surface area contributed by atoms with Gasteiger partial charge in [0.05, 0.1) is 5.92 Å². The average molecular weight is 516 g/mol. The highest BCUT2D eigenvalue weighted by molar-refractivity contribution is 7.87. The van der Waals surface area contributed by atoms with Crippen molar-refractivity contribution in [2.75, 3.05) is 5.32 Å². The highest BCUT2D eigenvalue weighted by Crippen LogP contribution is 2.56. The molecule has 2 bridgehead atoms. The van der Waals surface area contributed by atoms with Crippen LogP contribution in [-0.4, -0.2) is 30.5 Å². The zero-order valence-corrected chi connectivity index (χ0v) is 20.8. The number of fused-ring (bicyclic) bond motifs is 2. The van der Waals surface area contributed by atoms with Crippen LogP contribution in [0.2, 0.25) is 0 Å². The van der Waals surface area contributed by atoms with Crippen LogP contribution in [0.3, 0.4) is 0 Å². The molecule has 37 heavy (non-hydrogen) atoms. The molecule has 0 aromatic heterocycles. The number of carbonyl (C=O) groups excluding carboxylic acids is 2. The third-order valence-corrected chi connectivity index (χ3v) is 8.36. The third kappa shape index (κ3) is 4.68. The maximum absolute atomic E-state index is 13.5. The van der Waals surface area contributed by atoms with Crippen molar-refractivity contribution in [3.05, 3.63) is 102 Å². The Labute approximate surface area is 215 Å². The van der Waals surface area contributed by atoms with E-state index < -0.39 is 27.2 Å². The Morgan fingerprint density at radius 3 is 2.22 bits per heavy atom. The fourth-order valence-corrected chi connectivity index (χ4v) is 6.72. The normalized spacial score (nSPS) is 21.0. The van der Waals surface area contributed by atoms with Crippen molar-refractivity contribution in [3.63, 3.8) is 0 Å². The third-order valence-electron chi connectivity index (χ3n) is 6.73. The van der Waals surface area contributed by atoms with Gasteiger partial charge in [0.1, 0.15) is 22.5 Å². The highest BCUT2D eigenvalue weighted by atomic mass is 32.2.